The van der Waals surface area contributed by atoms with E-state index >= 15 is 0 Å². The third kappa shape index (κ3) is 12.8. The molecule has 0 spiro atoms. The smallest absolute Gasteiger partial charge is 0.407 e. The van der Waals surface area contributed by atoms with Crippen LogP contribution in [0.3, 0.4) is 0 Å². The van der Waals surface area contributed by atoms with E-state index in [-0.39, 0.29) is 54.4 Å². The van der Waals surface area contributed by atoms with Crippen molar-refractivity contribution in [3.05, 3.63) is 161 Å². The van der Waals surface area contributed by atoms with Crippen LogP contribution in [0.5, 0.6) is 5.75 Å². The molecule has 4 heterocycles. The average molecular weight is 1090 g/mol. The van der Waals surface area contributed by atoms with E-state index in [4.69, 9.17) is 24.8 Å². The molecule has 8 rings (SSSR count). The summed E-state index contributed by atoms with van der Waals surface area (Å²) in [6.07, 6.45) is 0.721. The Morgan fingerprint density at radius 1 is 0.883 bits per heavy atom. The number of fused-ring (bicyclic) bond motifs is 1. The summed E-state index contributed by atoms with van der Waals surface area (Å²) in [5.41, 5.74) is 8.03. The van der Waals surface area contributed by atoms with E-state index in [1.165, 1.54) is 16.7 Å². The maximum Gasteiger partial charge on any atom is 0.407 e. The maximum atomic E-state index is 14.6. The number of thioether (sulfide) groups is 1. The van der Waals surface area contributed by atoms with E-state index in [0.29, 0.717) is 28.4 Å². The SMILES string of the molecule is COc1ccc(COC(=O)C2=C(C[n+]3cc(NC(=O)NCCNC(=O)OC(C)(C)C)c(NC(c4ccccc4)(c4ccccc4)c4ccccc4)n3C)CS[C@@H]3[C@H](NC(=O)/C(=N\OC(C)C)c4nsc(N)n4)C(=O)N23)cc1. The first-order valence-electron chi connectivity index (χ1n) is 24.6. The van der Waals surface area contributed by atoms with Crippen LogP contribution >= 0.6 is 23.3 Å². The summed E-state index contributed by atoms with van der Waals surface area (Å²) < 4.78 is 24.4. The van der Waals surface area contributed by atoms with E-state index in [1.54, 1.807) is 72.2 Å². The summed E-state index contributed by atoms with van der Waals surface area (Å²) in [6.45, 7) is 8.80. The van der Waals surface area contributed by atoms with E-state index in [2.05, 4.69) is 41.1 Å². The van der Waals surface area contributed by atoms with Gasteiger partial charge in [0.1, 0.15) is 46.7 Å². The Morgan fingerprint density at radius 2 is 1.49 bits per heavy atom. The van der Waals surface area contributed by atoms with Crippen LogP contribution in [0.4, 0.5) is 26.2 Å². The number of ether oxygens (including phenoxy) is 3. The van der Waals surface area contributed by atoms with Gasteiger partial charge in [-0.2, -0.15) is 9.36 Å². The Morgan fingerprint density at radius 3 is 2.05 bits per heavy atom. The number of esters is 1. The molecule has 2 aliphatic heterocycles. The van der Waals surface area contributed by atoms with Crippen LogP contribution < -0.4 is 41.7 Å². The number of aromatic nitrogens is 4. The number of nitrogens with two attached hydrogens (primary N) is 1. The van der Waals surface area contributed by atoms with Gasteiger partial charge in [0.05, 0.1) is 14.2 Å². The number of carbonyl (C=O) groups is 5. The quantitative estimate of drug-likeness (QED) is 0.00971. The maximum absolute atomic E-state index is 14.6. The van der Waals surface area contributed by atoms with E-state index in [0.717, 1.165) is 28.2 Å². The van der Waals surface area contributed by atoms with Crippen molar-refractivity contribution in [2.24, 2.45) is 12.2 Å². The number of hydrogen-bond acceptors (Lipinski definition) is 16. The second-order valence-electron chi connectivity index (χ2n) is 19.1. The second-order valence-corrected chi connectivity index (χ2v) is 21.0. The van der Waals surface area contributed by atoms with Crippen molar-refractivity contribution < 1.29 is 47.7 Å². The van der Waals surface area contributed by atoms with Gasteiger partial charge in [-0.25, -0.2) is 14.4 Å². The number of oxime groups is 1. The fraction of sp³-hybridized carbons (Fsp3) is 0.315. The third-order valence-electron chi connectivity index (χ3n) is 12.1. The highest BCUT2D eigenvalue weighted by atomic mass is 32.2. The number of carbonyl (C=O) groups excluding carboxylic acids is 5. The summed E-state index contributed by atoms with van der Waals surface area (Å²) >= 11 is 2.21. The van der Waals surface area contributed by atoms with Crippen molar-refractivity contribution >= 4 is 75.6 Å². The number of nitrogen functional groups attached to an aromatic ring is 1. The first kappa shape index (κ1) is 54.8. The Kier molecular flexibility index (Phi) is 17.1. The summed E-state index contributed by atoms with van der Waals surface area (Å²) in [5, 5.41) is 18.5. The Balaban J connectivity index is 1.17. The molecular weight excluding hydrogens is 1020 g/mol. The van der Waals surface area contributed by atoms with E-state index in [9.17, 15) is 24.0 Å². The van der Waals surface area contributed by atoms with Gasteiger partial charge in [-0.1, -0.05) is 108 Å². The first-order valence-corrected chi connectivity index (χ1v) is 26.4. The minimum atomic E-state index is -1.09. The molecule has 4 aromatic carbocycles. The number of methoxy groups -OCH3 is 1. The second kappa shape index (κ2) is 24.0. The Labute approximate surface area is 453 Å². The van der Waals surface area contributed by atoms with Crippen molar-refractivity contribution in [1.82, 2.24) is 34.9 Å². The largest absolute Gasteiger partial charge is 0.497 e. The van der Waals surface area contributed by atoms with Crippen LogP contribution in [-0.4, -0.2) is 104 Å². The summed E-state index contributed by atoms with van der Waals surface area (Å²) in [4.78, 5) is 80.1. The lowest BCUT2D eigenvalue weighted by molar-refractivity contribution is -0.765. The van der Waals surface area contributed by atoms with Crippen LogP contribution in [0.1, 0.15) is 62.7 Å². The molecule has 0 radical (unpaired) electrons. The highest BCUT2D eigenvalue weighted by molar-refractivity contribution is 8.00. The molecule has 77 heavy (non-hydrogen) atoms. The van der Waals surface area contributed by atoms with Crippen LogP contribution in [0.25, 0.3) is 0 Å². The fourth-order valence-corrected chi connectivity index (χ4v) is 10.4. The van der Waals surface area contributed by atoms with Crippen molar-refractivity contribution in [3.8, 4) is 5.75 Å². The molecule has 23 heteroatoms. The molecule has 1 fully saturated rings. The number of β-lactam (4-membered cyclic amide) rings is 1. The zero-order chi connectivity index (χ0) is 54.9. The molecule has 7 N–H and O–H groups in total. The number of urea groups is 1. The lowest BCUT2D eigenvalue weighted by Gasteiger charge is -2.49. The van der Waals surface area contributed by atoms with Crippen molar-refractivity contribution in [1.29, 1.82) is 0 Å². The standard InChI is InChI=1S/C54H60N12O9S2/c1-33(2)75-62-41(44-60-50(55)77-63-44)46(67)59-42-47(68)66-43(49(69)73-31-34-23-25-39(72-7)26-24-34)35(32-76-48(42)66)29-65-30-40(58-51(70)56-27-28-57-52(71)74-53(3,4)5)45(64(65)6)61-54(36-17-11-8-12-18-36,37-19-13-9-14-20-37)38-21-15-10-16-22-38/h8-26,30,33,42,48H,27-29,31-32H2,1-7H3,(H6,55,56,57,58,59,60,63,67,70,71)/p+1/b62-41-/t42-,48-/m1/s1. The van der Waals surface area contributed by atoms with Gasteiger partial charge in [-0.05, 0) is 69.0 Å². The highest BCUT2D eigenvalue weighted by Crippen LogP contribution is 2.43. The summed E-state index contributed by atoms with van der Waals surface area (Å²) in [7, 11) is 3.37. The molecular formula is C54H61N12O9S2+. The van der Waals surface area contributed by atoms with Gasteiger partial charge in [-0.3, -0.25) is 19.8 Å². The predicted octanol–water partition coefficient (Wildman–Crippen LogP) is 6.03. The fourth-order valence-electron chi connectivity index (χ4n) is 8.58. The van der Waals surface area contributed by atoms with Crippen molar-refractivity contribution in [2.45, 2.75) is 76.4 Å². The summed E-state index contributed by atoms with van der Waals surface area (Å²) in [5.74, 6) is -0.884. The van der Waals surface area contributed by atoms with Crippen molar-refractivity contribution in [2.75, 3.05) is 42.3 Å². The van der Waals surface area contributed by atoms with Gasteiger partial charge in [0.15, 0.2) is 23.2 Å². The number of alkyl carbamates (subject to hydrolysis) is 1. The van der Waals surface area contributed by atoms with E-state index in [1.807, 2.05) is 107 Å². The number of rotatable bonds is 20. The topological polar surface area (TPSA) is 259 Å². The number of nitrogens with one attached hydrogen (secondary N) is 5. The lowest BCUT2D eigenvalue weighted by Crippen LogP contribution is -2.71. The number of benzene rings is 4. The molecule has 2 aliphatic rings. The molecule has 0 aliphatic carbocycles. The zero-order valence-corrected chi connectivity index (χ0v) is 45.2. The van der Waals surface area contributed by atoms with Gasteiger partial charge in [0.25, 0.3) is 11.8 Å². The molecule has 6 aromatic rings. The Bertz CT molecular complexity index is 3050. The van der Waals surface area contributed by atoms with Gasteiger partial charge >= 0.3 is 18.1 Å². The molecule has 2 aromatic heterocycles. The molecule has 5 amide bonds. The molecule has 0 unspecified atom stereocenters. The van der Waals surface area contributed by atoms with Crippen LogP contribution in [0, 0.1) is 0 Å². The van der Waals surface area contributed by atoms with Crippen LogP contribution in [0.15, 0.2) is 138 Å². The predicted molar refractivity (Wildman–Crippen MR) is 292 cm³/mol. The zero-order valence-electron chi connectivity index (χ0n) is 43.6. The monoisotopic (exact) mass is 1090 g/mol. The average Bonchev–Trinajstić information content (AvgIpc) is 3.98. The van der Waals surface area contributed by atoms with Gasteiger partial charge in [0.2, 0.25) is 17.7 Å². The Hall–Kier alpha value is -8.44. The first-order chi connectivity index (χ1) is 36.9. The molecule has 21 nitrogen and oxygen atoms in total. The van der Waals surface area contributed by atoms with Gasteiger partial charge in [0, 0.05) is 35.9 Å². The van der Waals surface area contributed by atoms with Crippen LogP contribution in [0.2, 0.25) is 0 Å². The van der Waals surface area contributed by atoms with Gasteiger partial charge < -0.3 is 46.0 Å². The number of amides is 5. The van der Waals surface area contributed by atoms with Crippen molar-refractivity contribution in [3.63, 3.8) is 0 Å². The number of hydrogen-bond donors (Lipinski definition) is 6. The minimum absolute atomic E-state index is 0.00360. The lowest BCUT2D eigenvalue weighted by atomic mass is 9.77. The van der Waals surface area contributed by atoms with E-state index < -0.39 is 58.6 Å². The number of anilines is 3. The molecule has 1 saturated heterocycles. The number of nitrogens with zero attached hydrogens (tertiary/aromatic N) is 6. The van der Waals surface area contributed by atoms with Gasteiger partial charge in [-0.15, -0.1) is 21.1 Å². The minimum Gasteiger partial charge on any atom is -0.497 e. The third-order valence-corrected chi connectivity index (χ3v) is 14.0. The highest BCUT2D eigenvalue weighted by Gasteiger charge is 2.55. The van der Waals surface area contributed by atoms with Crippen LogP contribution in [-0.2, 0) is 54.4 Å². The molecule has 402 valence electrons. The molecule has 0 bridgehead atoms. The summed E-state index contributed by atoms with van der Waals surface area (Å²) in [6, 6.07) is 35.2. The molecule has 0 saturated carbocycles. The normalized spacial score (nSPS) is 15.5. The molecule has 2 atom stereocenters.